The van der Waals surface area contributed by atoms with Gasteiger partial charge in [0.25, 0.3) is 11.9 Å². The molecule has 0 aliphatic heterocycles. The van der Waals surface area contributed by atoms with Gasteiger partial charge >= 0.3 is 0 Å². The second-order valence-corrected chi connectivity index (χ2v) is 10.5. The Balaban J connectivity index is 1.98. The molecule has 1 aliphatic rings. The van der Waals surface area contributed by atoms with Crippen LogP contribution < -0.4 is 5.32 Å². The van der Waals surface area contributed by atoms with Crippen molar-refractivity contribution in [3.63, 3.8) is 0 Å². The molecule has 33 heavy (non-hydrogen) atoms. The number of amides is 1. The number of anilines is 1. The molecule has 6 nitrogen and oxygen atoms in total. The molecule has 3 atom stereocenters. The Kier molecular flexibility index (Phi) is 6.99. The molecule has 2 aromatic carbocycles. The first-order chi connectivity index (χ1) is 15.3. The number of allylic oxidation sites excluding steroid dienone is 1. The number of benzene rings is 2. The average Bonchev–Trinajstić information content (AvgIpc) is 3.13. The third-order valence-corrected chi connectivity index (χ3v) is 8.80. The normalized spacial score (nSPS) is 20.5. The van der Waals surface area contributed by atoms with Gasteiger partial charge in [0.15, 0.2) is 27.3 Å². The number of halogens is 4. The van der Waals surface area contributed by atoms with E-state index >= 15 is 0 Å². The first kappa shape index (κ1) is 24.9. The number of carbonyl (C=O) groups excluding carboxylic acids is 1. The molecule has 0 saturated heterocycles. The van der Waals surface area contributed by atoms with E-state index in [1.165, 1.54) is 19.1 Å². The van der Waals surface area contributed by atoms with E-state index in [1.54, 1.807) is 6.92 Å². The Morgan fingerprint density at radius 2 is 1.70 bits per heavy atom. The zero-order valence-corrected chi connectivity index (χ0v) is 19.1. The molecule has 11 heteroatoms. The summed E-state index contributed by atoms with van der Waals surface area (Å²) < 4.78 is 67.0. The van der Waals surface area contributed by atoms with Crippen LogP contribution in [0.3, 0.4) is 0 Å². The molecule has 1 amide bonds. The van der Waals surface area contributed by atoms with Gasteiger partial charge in [0.2, 0.25) is 0 Å². The van der Waals surface area contributed by atoms with Crippen LogP contribution >= 0.6 is 11.6 Å². The molecular weight excluding hydrogens is 483 g/mol. The van der Waals surface area contributed by atoms with Crippen LogP contribution in [-0.2, 0) is 9.84 Å². The highest BCUT2D eigenvalue weighted by Crippen LogP contribution is 2.44. The summed E-state index contributed by atoms with van der Waals surface area (Å²) in [6.45, 7) is 3.17. The minimum Gasteiger partial charge on any atom is -0.481 e. The Hall–Kier alpha value is -2.72. The van der Waals surface area contributed by atoms with Crippen LogP contribution in [0.15, 0.2) is 46.7 Å². The van der Waals surface area contributed by atoms with Crippen LogP contribution in [0.1, 0.15) is 37.0 Å². The third kappa shape index (κ3) is 4.81. The quantitative estimate of drug-likeness (QED) is 0.367. The van der Waals surface area contributed by atoms with Crippen LogP contribution in [0.5, 0.6) is 0 Å². The summed E-state index contributed by atoms with van der Waals surface area (Å²) in [5.41, 5.74) is -0.389. The van der Waals surface area contributed by atoms with Crippen LogP contribution in [0.2, 0.25) is 5.02 Å². The maximum absolute atomic E-state index is 13.5. The van der Waals surface area contributed by atoms with E-state index in [4.69, 9.17) is 11.6 Å². The van der Waals surface area contributed by atoms with Gasteiger partial charge < -0.3 is 15.5 Å². The van der Waals surface area contributed by atoms with Gasteiger partial charge in [-0.25, -0.2) is 21.6 Å². The van der Waals surface area contributed by atoms with Crippen molar-refractivity contribution in [1.82, 2.24) is 0 Å². The summed E-state index contributed by atoms with van der Waals surface area (Å²) in [5, 5.41) is 20.0. The topological polar surface area (TPSA) is 104 Å². The lowest BCUT2D eigenvalue weighted by Crippen LogP contribution is -2.31. The third-order valence-electron chi connectivity index (χ3n) is 5.90. The van der Waals surface area contributed by atoms with Crippen molar-refractivity contribution in [2.45, 2.75) is 36.8 Å². The molecule has 1 unspecified atom stereocenters. The Morgan fingerprint density at radius 1 is 1.09 bits per heavy atom. The summed E-state index contributed by atoms with van der Waals surface area (Å²) in [6.07, 6.45) is 0.944. The molecule has 1 saturated carbocycles. The fourth-order valence-electron chi connectivity index (χ4n) is 4.16. The second-order valence-electron chi connectivity index (χ2n) is 8.03. The molecule has 0 radical (unpaired) electrons. The monoisotopic (exact) mass is 503 g/mol. The lowest BCUT2D eigenvalue weighted by atomic mass is 9.98. The van der Waals surface area contributed by atoms with Crippen molar-refractivity contribution in [3.05, 3.63) is 69.9 Å². The standard InChI is InChI=1S/C22H21ClF3NO5S/c1-10-3-5-14(11(2)22(29)30)20(10)33(31,32)18-7-12(4-6-15(18)23)21(28)27-13-8-16(24)19(26)17(25)9-13/h4,6-10,14,20,29-30H,3,5H2,1-2H3,(H,27,28)/t10?,14-,20-/m0/s1. The Labute approximate surface area is 193 Å². The van der Waals surface area contributed by atoms with Crippen molar-refractivity contribution in [1.29, 1.82) is 0 Å². The van der Waals surface area contributed by atoms with Crippen LogP contribution in [0.4, 0.5) is 18.9 Å². The number of sulfone groups is 1. The number of hydrogen-bond acceptors (Lipinski definition) is 5. The zero-order valence-electron chi connectivity index (χ0n) is 17.6. The van der Waals surface area contributed by atoms with Gasteiger partial charge in [-0.15, -0.1) is 0 Å². The first-order valence-electron chi connectivity index (χ1n) is 9.92. The number of hydrogen-bond donors (Lipinski definition) is 3. The predicted octanol–water partition coefficient (Wildman–Crippen LogP) is 5.55. The highest BCUT2D eigenvalue weighted by atomic mass is 35.5. The van der Waals surface area contributed by atoms with Gasteiger partial charge in [-0.2, -0.15) is 0 Å². The summed E-state index contributed by atoms with van der Waals surface area (Å²) in [4.78, 5) is 12.3. The molecule has 0 spiro atoms. The number of rotatable bonds is 5. The van der Waals surface area contributed by atoms with E-state index < -0.39 is 50.3 Å². The van der Waals surface area contributed by atoms with E-state index in [0.29, 0.717) is 25.0 Å². The summed E-state index contributed by atoms with van der Waals surface area (Å²) >= 11 is 6.16. The number of carbonyl (C=O) groups is 1. The average molecular weight is 504 g/mol. The van der Waals surface area contributed by atoms with Gasteiger partial charge in [-0.05, 0) is 43.9 Å². The summed E-state index contributed by atoms with van der Waals surface area (Å²) in [5.74, 6) is -7.50. The molecule has 3 N–H and O–H groups in total. The van der Waals surface area contributed by atoms with E-state index in [0.717, 1.165) is 6.07 Å². The lowest BCUT2D eigenvalue weighted by Gasteiger charge is -2.24. The van der Waals surface area contributed by atoms with E-state index in [-0.39, 0.29) is 32.7 Å². The van der Waals surface area contributed by atoms with Crippen molar-refractivity contribution in [3.8, 4) is 0 Å². The molecule has 0 bridgehead atoms. The number of aliphatic hydroxyl groups excluding tert-OH is 1. The van der Waals surface area contributed by atoms with E-state index in [1.807, 2.05) is 0 Å². The first-order valence-corrected chi connectivity index (χ1v) is 11.8. The van der Waals surface area contributed by atoms with Crippen LogP contribution in [-0.4, -0.2) is 29.8 Å². The largest absolute Gasteiger partial charge is 0.481 e. The SMILES string of the molecule is CC(=C(O)O)[C@@H]1CCC(C)[C@@H]1S(=O)(=O)c1cc(C(=O)Nc2cc(F)c(F)c(F)c2)ccc1Cl. The highest BCUT2D eigenvalue weighted by molar-refractivity contribution is 7.92. The van der Waals surface area contributed by atoms with Gasteiger partial charge in [-0.3, -0.25) is 4.79 Å². The number of aliphatic hydroxyl groups is 2. The molecule has 0 aromatic heterocycles. The molecular formula is C22H21ClF3NO5S. The predicted molar refractivity (Wildman–Crippen MR) is 117 cm³/mol. The van der Waals surface area contributed by atoms with Gasteiger partial charge in [0.05, 0.1) is 15.2 Å². The van der Waals surface area contributed by atoms with Gasteiger partial charge in [-0.1, -0.05) is 18.5 Å². The fraction of sp³-hybridized carbons (Fsp3) is 0.318. The molecule has 178 valence electrons. The molecule has 1 aliphatic carbocycles. The van der Waals surface area contributed by atoms with Crippen molar-refractivity contribution < 1.29 is 36.6 Å². The maximum atomic E-state index is 13.5. The molecule has 2 aromatic rings. The lowest BCUT2D eigenvalue weighted by molar-refractivity contribution is 0.102. The van der Waals surface area contributed by atoms with Crippen LogP contribution in [0, 0.1) is 29.3 Å². The number of nitrogens with one attached hydrogen (secondary N) is 1. The van der Waals surface area contributed by atoms with Crippen LogP contribution in [0.25, 0.3) is 0 Å². The molecule has 0 heterocycles. The van der Waals surface area contributed by atoms with Gasteiger partial charge in [0.1, 0.15) is 0 Å². The van der Waals surface area contributed by atoms with E-state index in [2.05, 4.69) is 5.32 Å². The van der Waals surface area contributed by atoms with Crippen molar-refractivity contribution in [2.75, 3.05) is 5.32 Å². The van der Waals surface area contributed by atoms with E-state index in [9.17, 15) is 36.6 Å². The second kappa shape index (κ2) is 9.26. The minimum absolute atomic E-state index is 0.137. The highest BCUT2D eigenvalue weighted by Gasteiger charge is 2.45. The Morgan fingerprint density at radius 3 is 2.27 bits per heavy atom. The smallest absolute Gasteiger partial charge is 0.273 e. The maximum Gasteiger partial charge on any atom is 0.273 e. The Bertz CT molecular complexity index is 1220. The van der Waals surface area contributed by atoms with Gasteiger partial charge in [0, 0.05) is 34.9 Å². The summed E-state index contributed by atoms with van der Waals surface area (Å²) in [7, 11) is -4.13. The van der Waals surface area contributed by atoms with Crippen molar-refractivity contribution >= 4 is 33.0 Å². The summed E-state index contributed by atoms with van der Waals surface area (Å²) in [6, 6.07) is 4.66. The minimum atomic E-state index is -4.13. The fourth-order valence-corrected chi connectivity index (χ4v) is 7.04. The zero-order chi connectivity index (χ0) is 24.7. The molecule has 1 fully saturated rings. The molecule has 3 rings (SSSR count). The van der Waals surface area contributed by atoms with Crippen molar-refractivity contribution in [2.24, 2.45) is 11.8 Å².